The van der Waals surface area contributed by atoms with Crippen LogP contribution in [-0.2, 0) is 14.6 Å². The van der Waals surface area contributed by atoms with Gasteiger partial charge in [0.05, 0.1) is 11.5 Å². The third kappa shape index (κ3) is 7.44. The fraction of sp³-hybridized carbons (Fsp3) is 0.667. The van der Waals surface area contributed by atoms with E-state index in [1.54, 1.807) is 6.08 Å². The second-order valence-electron chi connectivity index (χ2n) is 4.65. The van der Waals surface area contributed by atoms with Crippen LogP contribution in [0.3, 0.4) is 0 Å². The first-order valence-corrected chi connectivity index (χ1v) is 8.88. The van der Waals surface area contributed by atoms with Gasteiger partial charge >= 0.3 is 0 Å². The van der Waals surface area contributed by atoms with E-state index < -0.39 is 9.84 Å². The summed E-state index contributed by atoms with van der Waals surface area (Å²) in [6, 6.07) is 0. The molecular weight excluding hydrogens is 298 g/mol. The Morgan fingerprint density at radius 1 is 1.25 bits per heavy atom. The lowest BCUT2D eigenvalue weighted by Crippen LogP contribution is -2.35. The quantitative estimate of drug-likeness (QED) is 0.317. The number of carbonyl (C=O) groups excluding carboxylic acids is 1. The third-order valence-electron chi connectivity index (χ3n) is 2.85. The summed E-state index contributed by atoms with van der Waals surface area (Å²) >= 11 is 5.09. The molecule has 0 atom stereocenters. The maximum atomic E-state index is 11.2. The van der Waals surface area contributed by atoms with Gasteiger partial charge in [0.2, 0.25) is 6.41 Å². The summed E-state index contributed by atoms with van der Waals surface area (Å²) in [6.45, 7) is 1.48. The van der Waals surface area contributed by atoms with Crippen LogP contribution >= 0.6 is 12.2 Å². The van der Waals surface area contributed by atoms with Gasteiger partial charge in [-0.05, 0) is 31.1 Å². The Morgan fingerprint density at radius 2 is 1.95 bits per heavy atom. The van der Waals surface area contributed by atoms with Gasteiger partial charge in [-0.15, -0.1) is 0 Å². The van der Waals surface area contributed by atoms with Gasteiger partial charge in [0.25, 0.3) is 0 Å². The minimum atomic E-state index is -2.95. The summed E-state index contributed by atoms with van der Waals surface area (Å²) < 4.78 is 22.5. The van der Waals surface area contributed by atoms with E-state index in [0.717, 1.165) is 38.8 Å². The lowest BCUT2D eigenvalue weighted by molar-refractivity contribution is -0.109. The molecule has 114 valence electrons. The van der Waals surface area contributed by atoms with Gasteiger partial charge in [0, 0.05) is 18.8 Å². The van der Waals surface area contributed by atoms with Crippen molar-refractivity contribution in [3.8, 4) is 0 Å². The van der Waals surface area contributed by atoms with Crippen molar-refractivity contribution in [3.63, 3.8) is 0 Å². The van der Waals surface area contributed by atoms with E-state index in [2.05, 4.69) is 16.0 Å². The molecule has 0 unspecified atom stereocenters. The van der Waals surface area contributed by atoms with E-state index in [1.807, 2.05) is 0 Å². The number of unbranched alkanes of at least 4 members (excludes halogenated alkanes) is 3. The molecule has 0 fully saturated rings. The van der Waals surface area contributed by atoms with Gasteiger partial charge in [0.15, 0.2) is 14.9 Å². The van der Waals surface area contributed by atoms with E-state index in [9.17, 15) is 13.2 Å². The minimum Gasteiger partial charge on any atom is -0.362 e. The Kier molecular flexibility index (Phi) is 7.53. The van der Waals surface area contributed by atoms with Crippen molar-refractivity contribution in [1.82, 2.24) is 16.0 Å². The van der Waals surface area contributed by atoms with Crippen LogP contribution in [0.2, 0.25) is 0 Å². The molecule has 20 heavy (non-hydrogen) atoms. The van der Waals surface area contributed by atoms with Crippen molar-refractivity contribution in [3.05, 3.63) is 11.8 Å². The molecule has 1 rings (SSSR count). The molecule has 3 N–H and O–H groups in total. The SMILES string of the molecule is O=CNCCCCCCNC(=S)NC1=CCS(=O)(=O)C1. The number of hydrogen-bond acceptors (Lipinski definition) is 4. The Morgan fingerprint density at radius 3 is 2.55 bits per heavy atom. The molecule has 0 aromatic rings. The first-order valence-electron chi connectivity index (χ1n) is 6.65. The predicted octanol–water partition coefficient (Wildman–Crippen LogP) is 0.0692. The van der Waals surface area contributed by atoms with E-state index in [1.165, 1.54) is 0 Å². The van der Waals surface area contributed by atoms with E-state index in [-0.39, 0.29) is 11.5 Å². The van der Waals surface area contributed by atoms with Gasteiger partial charge in [-0.3, -0.25) is 4.79 Å². The summed E-state index contributed by atoms with van der Waals surface area (Å²) in [5.74, 6) is 0.130. The zero-order valence-electron chi connectivity index (χ0n) is 11.4. The largest absolute Gasteiger partial charge is 0.362 e. The summed E-state index contributed by atoms with van der Waals surface area (Å²) in [5.41, 5.74) is 0.655. The van der Waals surface area contributed by atoms with E-state index in [0.29, 0.717) is 17.2 Å². The first-order chi connectivity index (χ1) is 9.53. The average Bonchev–Trinajstić information content (AvgIpc) is 2.72. The van der Waals surface area contributed by atoms with Crippen LogP contribution in [0.5, 0.6) is 0 Å². The van der Waals surface area contributed by atoms with Gasteiger partial charge < -0.3 is 16.0 Å². The Balaban J connectivity index is 2.00. The zero-order valence-corrected chi connectivity index (χ0v) is 13.0. The Bertz CT molecular complexity index is 461. The highest BCUT2D eigenvalue weighted by Gasteiger charge is 2.19. The highest BCUT2D eigenvalue weighted by Crippen LogP contribution is 2.08. The molecule has 1 heterocycles. The number of hydrogen-bond donors (Lipinski definition) is 3. The first kappa shape index (κ1) is 16.9. The summed E-state index contributed by atoms with van der Waals surface area (Å²) in [4.78, 5) is 10.0. The molecule has 0 radical (unpaired) electrons. The lowest BCUT2D eigenvalue weighted by Gasteiger charge is -2.10. The van der Waals surface area contributed by atoms with Crippen molar-refractivity contribution in [2.24, 2.45) is 0 Å². The molecule has 1 amide bonds. The number of nitrogens with one attached hydrogen (secondary N) is 3. The van der Waals surface area contributed by atoms with Crippen LogP contribution in [0.4, 0.5) is 0 Å². The van der Waals surface area contributed by atoms with Crippen LogP contribution in [0.1, 0.15) is 25.7 Å². The highest BCUT2D eigenvalue weighted by atomic mass is 32.2. The van der Waals surface area contributed by atoms with Crippen molar-refractivity contribution in [2.75, 3.05) is 24.6 Å². The summed E-state index contributed by atoms with van der Waals surface area (Å²) in [6.07, 6.45) is 6.46. The number of sulfone groups is 1. The molecule has 6 nitrogen and oxygen atoms in total. The standard InChI is InChI=1S/C12H21N3O3S2/c16-10-13-6-3-1-2-4-7-14-12(19)15-11-5-8-20(17,18)9-11/h5,10H,1-4,6-9H2,(H,13,16)(H2,14,15,19). The second-order valence-corrected chi connectivity index (χ2v) is 7.17. The number of amides is 1. The molecular formula is C12H21N3O3S2. The molecule has 0 aromatic carbocycles. The Hall–Kier alpha value is -1.15. The molecule has 0 aromatic heterocycles. The monoisotopic (exact) mass is 319 g/mol. The van der Waals surface area contributed by atoms with E-state index >= 15 is 0 Å². The van der Waals surface area contributed by atoms with Gasteiger partial charge in [-0.2, -0.15) is 0 Å². The number of rotatable bonds is 9. The molecule has 0 saturated carbocycles. The van der Waals surface area contributed by atoms with Crippen molar-refractivity contribution >= 4 is 33.6 Å². The maximum absolute atomic E-state index is 11.2. The second kappa shape index (κ2) is 8.91. The van der Waals surface area contributed by atoms with Crippen molar-refractivity contribution in [1.29, 1.82) is 0 Å². The molecule has 0 saturated heterocycles. The topological polar surface area (TPSA) is 87.3 Å². The summed E-state index contributed by atoms with van der Waals surface area (Å²) in [5, 5.41) is 9.05. The predicted molar refractivity (Wildman–Crippen MR) is 83.0 cm³/mol. The van der Waals surface area contributed by atoms with Crippen LogP contribution in [-0.4, -0.2) is 44.5 Å². The minimum absolute atomic E-state index is 0.0402. The van der Waals surface area contributed by atoms with Gasteiger partial charge in [-0.1, -0.05) is 12.8 Å². The zero-order chi connectivity index (χ0) is 14.8. The molecule has 1 aliphatic rings. The number of thiocarbonyl (C=S) groups is 1. The van der Waals surface area contributed by atoms with Crippen LogP contribution in [0.25, 0.3) is 0 Å². The maximum Gasteiger partial charge on any atom is 0.207 e. The fourth-order valence-electron chi connectivity index (χ4n) is 1.83. The average molecular weight is 319 g/mol. The van der Waals surface area contributed by atoms with Crippen LogP contribution in [0, 0.1) is 0 Å². The van der Waals surface area contributed by atoms with E-state index in [4.69, 9.17) is 12.2 Å². The van der Waals surface area contributed by atoms with Crippen molar-refractivity contribution in [2.45, 2.75) is 25.7 Å². The van der Waals surface area contributed by atoms with Crippen molar-refractivity contribution < 1.29 is 13.2 Å². The fourth-order valence-corrected chi connectivity index (χ4v) is 3.30. The molecule has 0 aliphatic carbocycles. The third-order valence-corrected chi connectivity index (χ3v) is 4.52. The summed E-state index contributed by atoms with van der Waals surface area (Å²) in [7, 11) is -2.95. The molecule has 1 aliphatic heterocycles. The lowest BCUT2D eigenvalue weighted by atomic mass is 10.2. The molecule has 0 bridgehead atoms. The van der Waals surface area contributed by atoms with Gasteiger partial charge in [0.1, 0.15) is 0 Å². The normalized spacial score (nSPS) is 16.3. The van der Waals surface area contributed by atoms with Crippen LogP contribution < -0.4 is 16.0 Å². The van der Waals surface area contributed by atoms with Gasteiger partial charge in [-0.25, -0.2) is 8.42 Å². The molecule has 0 spiro atoms. The van der Waals surface area contributed by atoms with Crippen LogP contribution in [0.15, 0.2) is 11.8 Å². The smallest absolute Gasteiger partial charge is 0.207 e. The molecule has 8 heteroatoms. The number of carbonyl (C=O) groups is 1. The highest BCUT2D eigenvalue weighted by molar-refractivity contribution is 7.92. The Labute approximate surface area is 125 Å².